The molecule has 0 saturated carbocycles. The van der Waals surface area contributed by atoms with E-state index in [1.807, 2.05) is 13.8 Å². The van der Waals surface area contributed by atoms with Gasteiger partial charge >= 0.3 is 0 Å². The predicted molar refractivity (Wildman–Crippen MR) is 143 cm³/mol. The summed E-state index contributed by atoms with van der Waals surface area (Å²) >= 11 is 3.89. The Morgan fingerprint density at radius 2 is 1.78 bits per heavy atom. The van der Waals surface area contributed by atoms with Crippen molar-refractivity contribution in [2.75, 3.05) is 21.4 Å². The van der Waals surface area contributed by atoms with Crippen LogP contribution in [-0.4, -0.2) is 45.4 Å². The molecule has 1 N–H and O–H groups in total. The van der Waals surface area contributed by atoms with E-state index >= 15 is 0 Å². The number of rotatable bonds is 10. The first-order valence-corrected chi connectivity index (χ1v) is 14.3. The minimum atomic E-state index is -3.45. The number of anilines is 2. The number of imidazole rings is 1. The van der Waals surface area contributed by atoms with Gasteiger partial charge < -0.3 is 4.57 Å². The number of aromatic nitrogens is 2. The molecule has 12 heteroatoms. The molecule has 0 spiro atoms. The van der Waals surface area contributed by atoms with Gasteiger partial charge in [-0.2, -0.15) is 0 Å². The van der Waals surface area contributed by atoms with Crippen molar-refractivity contribution >= 4 is 50.2 Å². The zero-order valence-electron chi connectivity index (χ0n) is 20.5. The van der Waals surface area contributed by atoms with Gasteiger partial charge in [0.25, 0.3) is 17.2 Å². The molecule has 0 radical (unpaired) electrons. The third kappa shape index (κ3) is 6.33. The summed E-state index contributed by atoms with van der Waals surface area (Å²) in [5.41, 5.74) is 2.38. The maximum atomic E-state index is 13.1. The number of benzene rings is 2. The molecular formula is C24H29ClN4O5S2. The average Bonchev–Trinajstić information content (AvgIpc) is 3.19. The van der Waals surface area contributed by atoms with E-state index in [0.717, 1.165) is 16.3 Å². The lowest BCUT2D eigenvalue weighted by Crippen LogP contribution is -2.32. The normalized spacial score (nSPS) is 12.4. The molecule has 1 heterocycles. The fourth-order valence-corrected chi connectivity index (χ4v) is 5.64. The van der Waals surface area contributed by atoms with Crippen LogP contribution in [0.25, 0.3) is 0 Å². The van der Waals surface area contributed by atoms with E-state index in [9.17, 15) is 22.0 Å². The topological polar surface area (TPSA) is 113 Å². The molecule has 9 nitrogen and oxygen atoms in total. The largest absolute Gasteiger partial charge is 0.330 e. The number of amides is 1. The van der Waals surface area contributed by atoms with Gasteiger partial charge in [0.2, 0.25) is 10.0 Å². The van der Waals surface area contributed by atoms with E-state index in [-0.39, 0.29) is 23.7 Å². The molecule has 3 rings (SSSR count). The lowest BCUT2D eigenvalue weighted by molar-refractivity contribution is 0.100. The van der Waals surface area contributed by atoms with Crippen LogP contribution in [0.3, 0.4) is 0 Å². The van der Waals surface area contributed by atoms with Gasteiger partial charge in [-0.3, -0.25) is 13.7 Å². The summed E-state index contributed by atoms with van der Waals surface area (Å²) in [5.74, 6) is -0.157. The minimum Gasteiger partial charge on any atom is -0.330 e. The van der Waals surface area contributed by atoms with Crippen LogP contribution in [0, 0.1) is 13.8 Å². The lowest BCUT2D eigenvalue weighted by Gasteiger charge is -2.20. The van der Waals surface area contributed by atoms with Crippen LogP contribution in [0.2, 0.25) is 5.02 Å². The Hall–Kier alpha value is -2.73. The first-order chi connectivity index (χ1) is 16.9. The Bertz CT molecular complexity index is 1370. The van der Waals surface area contributed by atoms with Gasteiger partial charge in [-0.25, -0.2) is 21.9 Å². The van der Waals surface area contributed by atoms with Crippen LogP contribution in [-0.2, 0) is 27.8 Å². The first-order valence-electron chi connectivity index (χ1n) is 11.3. The molecule has 1 amide bonds. The molecule has 194 valence electrons. The van der Waals surface area contributed by atoms with Gasteiger partial charge in [0.15, 0.2) is 0 Å². The molecule has 0 bridgehead atoms. The molecule has 2 aromatic carbocycles. The lowest BCUT2D eigenvalue weighted by atomic mass is 10.2. The predicted octanol–water partition coefficient (Wildman–Crippen LogP) is 4.55. The number of unbranched alkanes of at least 4 members (excludes halogenated alkanes) is 1. The number of carbonyl (C=O) groups excluding carboxylic acids is 1. The molecule has 1 aromatic heterocycles. The highest BCUT2D eigenvalue weighted by atomic mass is 35.5. The Morgan fingerprint density at radius 1 is 1.14 bits per heavy atom. The summed E-state index contributed by atoms with van der Waals surface area (Å²) in [4.78, 5) is 17.3. The Labute approximate surface area is 219 Å². The van der Waals surface area contributed by atoms with Crippen molar-refractivity contribution in [3.63, 3.8) is 0 Å². The second-order valence-electron chi connectivity index (χ2n) is 8.38. The van der Waals surface area contributed by atoms with Gasteiger partial charge in [0.1, 0.15) is 11.5 Å². The van der Waals surface area contributed by atoms with Crippen LogP contribution in [0.4, 0.5) is 11.4 Å². The molecular weight excluding hydrogens is 524 g/mol. The monoisotopic (exact) mass is 552 g/mol. The second-order valence-corrected chi connectivity index (χ2v) is 11.7. The summed E-state index contributed by atoms with van der Waals surface area (Å²) in [5, 5.41) is 0.365. The van der Waals surface area contributed by atoms with Crippen molar-refractivity contribution in [3.05, 3.63) is 76.3 Å². The quantitative estimate of drug-likeness (QED) is 0.369. The van der Waals surface area contributed by atoms with Crippen molar-refractivity contribution in [1.29, 1.82) is 0 Å². The van der Waals surface area contributed by atoms with E-state index in [0.29, 0.717) is 28.5 Å². The van der Waals surface area contributed by atoms with Crippen LogP contribution >= 0.6 is 11.6 Å². The maximum Gasteiger partial charge on any atom is 0.292 e. The Kier molecular flexibility index (Phi) is 8.93. The molecule has 0 saturated heterocycles. The van der Waals surface area contributed by atoms with Gasteiger partial charge in [-0.1, -0.05) is 48.7 Å². The van der Waals surface area contributed by atoms with Gasteiger partial charge in [-0.05, 0) is 50.1 Å². The summed E-state index contributed by atoms with van der Waals surface area (Å²) < 4.78 is 50.4. The number of nitrogens with zero attached hydrogens (tertiary/aromatic N) is 4. The zero-order chi connectivity index (χ0) is 26.6. The van der Waals surface area contributed by atoms with Crippen LogP contribution in [0.15, 0.2) is 48.7 Å². The SMILES string of the molecule is CCCCS(=O)(=O)N(C)c1ccc(Cn2cc(C(=O)N(c3ccc(C)cc3)S(=O)O)nc2C)c(Cl)c1. The highest BCUT2D eigenvalue weighted by Crippen LogP contribution is 2.27. The van der Waals surface area contributed by atoms with E-state index < -0.39 is 27.2 Å². The molecule has 36 heavy (non-hydrogen) atoms. The third-order valence-electron chi connectivity index (χ3n) is 5.72. The van der Waals surface area contributed by atoms with Crippen molar-refractivity contribution in [3.8, 4) is 0 Å². The molecule has 0 aliphatic rings. The number of sulfonamides is 1. The van der Waals surface area contributed by atoms with Gasteiger partial charge in [-0.15, -0.1) is 0 Å². The first kappa shape index (κ1) is 27.9. The Balaban J connectivity index is 1.83. The average molecular weight is 553 g/mol. The molecule has 1 unspecified atom stereocenters. The number of halogens is 1. The summed E-state index contributed by atoms with van der Waals surface area (Å²) in [6.45, 7) is 5.78. The number of hydrogen-bond donors (Lipinski definition) is 1. The summed E-state index contributed by atoms with van der Waals surface area (Å²) in [6.07, 6.45) is 2.85. The number of hydrogen-bond acceptors (Lipinski definition) is 5. The highest BCUT2D eigenvalue weighted by molar-refractivity contribution is 7.92. The molecule has 0 aliphatic carbocycles. The van der Waals surface area contributed by atoms with E-state index in [2.05, 4.69) is 4.98 Å². The van der Waals surface area contributed by atoms with Crippen molar-refractivity contribution in [1.82, 2.24) is 9.55 Å². The highest BCUT2D eigenvalue weighted by Gasteiger charge is 2.26. The van der Waals surface area contributed by atoms with Crippen LogP contribution in [0.1, 0.15) is 47.2 Å². The molecule has 1 atom stereocenters. The van der Waals surface area contributed by atoms with E-state index in [1.165, 1.54) is 17.5 Å². The minimum absolute atomic E-state index is 0.00460. The van der Waals surface area contributed by atoms with Crippen molar-refractivity contribution in [2.45, 2.75) is 40.2 Å². The fourth-order valence-electron chi connectivity index (χ4n) is 3.50. The van der Waals surface area contributed by atoms with Crippen LogP contribution < -0.4 is 8.61 Å². The third-order valence-corrected chi connectivity index (χ3v) is 8.61. The standard InChI is InChI=1S/C24H29ClN4O5S2/c1-5-6-13-36(33,34)27(4)21-12-9-19(22(25)14-21)15-28-16-23(26-18(28)3)24(30)29(35(31)32)20-10-7-17(2)8-11-20/h7-12,14,16H,5-6,13,15H2,1-4H3,(H,31,32). The molecule has 0 fully saturated rings. The summed E-state index contributed by atoms with van der Waals surface area (Å²) in [7, 11) is -1.95. The number of aryl methyl sites for hydroxylation is 2. The second kappa shape index (κ2) is 11.5. The van der Waals surface area contributed by atoms with Gasteiger partial charge in [0.05, 0.1) is 23.7 Å². The maximum absolute atomic E-state index is 13.1. The van der Waals surface area contributed by atoms with Crippen LogP contribution in [0.5, 0.6) is 0 Å². The van der Waals surface area contributed by atoms with Crippen molar-refractivity contribution in [2.24, 2.45) is 0 Å². The van der Waals surface area contributed by atoms with E-state index in [4.69, 9.17) is 11.6 Å². The fraction of sp³-hybridized carbons (Fsp3) is 0.333. The summed E-state index contributed by atoms with van der Waals surface area (Å²) in [6, 6.07) is 11.7. The zero-order valence-corrected chi connectivity index (χ0v) is 22.9. The van der Waals surface area contributed by atoms with E-state index in [1.54, 1.807) is 54.0 Å². The molecule has 3 aromatic rings. The Morgan fingerprint density at radius 3 is 2.36 bits per heavy atom. The van der Waals surface area contributed by atoms with Gasteiger partial charge in [0, 0.05) is 18.3 Å². The molecule has 0 aliphatic heterocycles. The van der Waals surface area contributed by atoms with Crippen molar-refractivity contribution < 1.29 is 22.0 Å². The smallest absolute Gasteiger partial charge is 0.292 e. The number of carbonyl (C=O) groups is 1.